The largest absolute Gasteiger partial charge is 0.456 e. The Hall–Kier alpha value is -3.08. The van der Waals surface area contributed by atoms with E-state index >= 15 is 0 Å². The SMILES string of the molecule is Cn1c(Nc2ccc(I)cc2F)c(C(N)=O)c(Oc2cccc3c2CCCN3)cc1=O. The van der Waals surface area contributed by atoms with Gasteiger partial charge in [0.1, 0.15) is 28.7 Å². The van der Waals surface area contributed by atoms with E-state index in [2.05, 4.69) is 10.6 Å². The number of ether oxygens (including phenoxy) is 1. The lowest BCUT2D eigenvalue weighted by Gasteiger charge is -2.22. The molecule has 4 N–H and O–H groups in total. The highest BCUT2D eigenvalue weighted by Crippen LogP contribution is 2.36. The molecule has 160 valence electrons. The summed E-state index contributed by atoms with van der Waals surface area (Å²) in [5.41, 5.74) is 7.21. The number of benzene rings is 2. The molecule has 0 radical (unpaired) electrons. The molecule has 2 heterocycles. The normalized spacial score (nSPS) is 12.6. The number of hydrogen-bond donors (Lipinski definition) is 3. The Labute approximate surface area is 191 Å². The van der Waals surface area contributed by atoms with Gasteiger partial charge in [0.05, 0.1) is 5.69 Å². The first-order valence-electron chi connectivity index (χ1n) is 9.64. The molecule has 0 atom stereocenters. The molecule has 0 aliphatic carbocycles. The molecule has 0 saturated heterocycles. The first-order chi connectivity index (χ1) is 14.8. The molecular weight excluding hydrogens is 514 g/mol. The van der Waals surface area contributed by atoms with Crippen molar-refractivity contribution >= 4 is 45.7 Å². The molecule has 1 amide bonds. The number of amides is 1. The third kappa shape index (κ3) is 4.22. The second-order valence-electron chi connectivity index (χ2n) is 7.16. The number of halogens is 2. The van der Waals surface area contributed by atoms with Crippen molar-refractivity contribution < 1.29 is 13.9 Å². The van der Waals surface area contributed by atoms with E-state index in [1.807, 2.05) is 34.7 Å². The number of aromatic nitrogens is 1. The second-order valence-corrected chi connectivity index (χ2v) is 8.40. The molecule has 31 heavy (non-hydrogen) atoms. The minimum atomic E-state index is -0.804. The zero-order valence-corrected chi connectivity index (χ0v) is 18.8. The smallest absolute Gasteiger partial charge is 0.256 e. The summed E-state index contributed by atoms with van der Waals surface area (Å²) in [6.07, 6.45) is 1.74. The van der Waals surface area contributed by atoms with Crippen LogP contribution in [0.2, 0.25) is 0 Å². The van der Waals surface area contributed by atoms with Crippen LogP contribution in [0.4, 0.5) is 21.6 Å². The van der Waals surface area contributed by atoms with Gasteiger partial charge in [-0.05, 0) is 65.8 Å². The first kappa shape index (κ1) is 21.2. The predicted octanol–water partition coefficient (Wildman–Crippen LogP) is 4.12. The summed E-state index contributed by atoms with van der Waals surface area (Å²) in [7, 11) is 1.47. The molecule has 9 heteroatoms. The molecule has 1 aliphatic rings. The van der Waals surface area contributed by atoms with Gasteiger partial charge in [0.2, 0.25) is 0 Å². The van der Waals surface area contributed by atoms with Gasteiger partial charge in [-0.15, -0.1) is 0 Å². The van der Waals surface area contributed by atoms with Crippen LogP contribution >= 0.6 is 22.6 Å². The maximum atomic E-state index is 14.4. The average molecular weight is 534 g/mol. The molecular formula is C22H20FIN4O3. The van der Waals surface area contributed by atoms with E-state index in [1.54, 1.807) is 12.1 Å². The fourth-order valence-corrected chi connectivity index (χ4v) is 4.00. The number of rotatable bonds is 5. The predicted molar refractivity (Wildman–Crippen MR) is 126 cm³/mol. The molecule has 0 fully saturated rings. The molecule has 2 aromatic carbocycles. The van der Waals surface area contributed by atoms with Crippen molar-refractivity contribution in [2.75, 3.05) is 17.2 Å². The third-order valence-corrected chi connectivity index (χ3v) is 5.78. The number of nitrogens with two attached hydrogens (primary N) is 1. The van der Waals surface area contributed by atoms with Crippen LogP contribution in [-0.4, -0.2) is 17.0 Å². The zero-order chi connectivity index (χ0) is 22.1. The Morgan fingerprint density at radius 1 is 1.26 bits per heavy atom. The lowest BCUT2D eigenvalue weighted by atomic mass is 10.0. The van der Waals surface area contributed by atoms with Crippen molar-refractivity contribution in [2.24, 2.45) is 12.8 Å². The van der Waals surface area contributed by atoms with E-state index in [0.29, 0.717) is 9.32 Å². The van der Waals surface area contributed by atoms with E-state index in [4.69, 9.17) is 10.5 Å². The monoisotopic (exact) mass is 534 g/mol. The van der Waals surface area contributed by atoms with E-state index in [-0.39, 0.29) is 22.8 Å². The molecule has 1 aromatic heterocycles. The van der Waals surface area contributed by atoms with E-state index in [1.165, 1.54) is 29.8 Å². The molecule has 0 spiro atoms. The maximum Gasteiger partial charge on any atom is 0.256 e. The zero-order valence-electron chi connectivity index (χ0n) is 16.7. The summed E-state index contributed by atoms with van der Waals surface area (Å²) >= 11 is 2.00. The van der Waals surface area contributed by atoms with Crippen LogP contribution in [0.15, 0.2) is 47.3 Å². The van der Waals surface area contributed by atoms with Gasteiger partial charge in [-0.3, -0.25) is 14.2 Å². The number of pyridine rings is 1. The Bertz CT molecular complexity index is 1240. The number of primary amides is 1. The van der Waals surface area contributed by atoms with Gasteiger partial charge in [-0.25, -0.2) is 4.39 Å². The van der Waals surface area contributed by atoms with Crippen LogP contribution in [0.25, 0.3) is 0 Å². The van der Waals surface area contributed by atoms with Gasteiger partial charge >= 0.3 is 0 Å². The highest BCUT2D eigenvalue weighted by molar-refractivity contribution is 14.1. The summed E-state index contributed by atoms with van der Waals surface area (Å²) in [5, 5.41) is 6.15. The number of carbonyl (C=O) groups excluding carboxylic acids is 1. The Morgan fingerprint density at radius 3 is 2.81 bits per heavy atom. The number of nitrogens with one attached hydrogen (secondary N) is 2. The van der Waals surface area contributed by atoms with Crippen LogP contribution < -0.4 is 26.7 Å². The number of hydrogen-bond acceptors (Lipinski definition) is 5. The van der Waals surface area contributed by atoms with Gasteiger partial charge in [0, 0.05) is 34.5 Å². The molecule has 0 bridgehead atoms. The molecule has 7 nitrogen and oxygen atoms in total. The van der Waals surface area contributed by atoms with Crippen LogP contribution in [-0.2, 0) is 13.5 Å². The van der Waals surface area contributed by atoms with Crippen LogP contribution in [0, 0.1) is 9.39 Å². The van der Waals surface area contributed by atoms with Gasteiger partial charge in [0.15, 0.2) is 0 Å². The number of fused-ring (bicyclic) bond motifs is 1. The van der Waals surface area contributed by atoms with Crippen LogP contribution in [0.5, 0.6) is 11.5 Å². The van der Waals surface area contributed by atoms with E-state index < -0.39 is 17.3 Å². The number of anilines is 3. The summed E-state index contributed by atoms with van der Waals surface area (Å²) in [6.45, 7) is 0.866. The Morgan fingerprint density at radius 2 is 2.06 bits per heavy atom. The quantitative estimate of drug-likeness (QED) is 0.428. The molecule has 0 unspecified atom stereocenters. The van der Waals surface area contributed by atoms with Crippen molar-refractivity contribution in [3.8, 4) is 11.5 Å². The van der Waals surface area contributed by atoms with Gasteiger partial charge < -0.3 is 21.1 Å². The van der Waals surface area contributed by atoms with Crippen LogP contribution in [0.3, 0.4) is 0 Å². The van der Waals surface area contributed by atoms with Crippen molar-refractivity contribution in [1.82, 2.24) is 4.57 Å². The maximum absolute atomic E-state index is 14.4. The van der Waals surface area contributed by atoms with Gasteiger partial charge in [0.25, 0.3) is 11.5 Å². The van der Waals surface area contributed by atoms with E-state index in [9.17, 15) is 14.0 Å². The van der Waals surface area contributed by atoms with Gasteiger partial charge in [-0.1, -0.05) is 6.07 Å². The fourth-order valence-electron chi connectivity index (χ4n) is 3.55. The minimum absolute atomic E-state index is 0.0167. The topological polar surface area (TPSA) is 98.4 Å². The summed E-state index contributed by atoms with van der Waals surface area (Å²) in [5.74, 6) is -0.723. The number of carbonyl (C=O) groups is 1. The molecule has 0 saturated carbocycles. The lowest BCUT2D eigenvalue weighted by Crippen LogP contribution is -2.25. The van der Waals surface area contributed by atoms with E-state index in [0.717, 1.165) is 30.6 Å². The van der Waals surface area contributed by atoms with Crippen molar-refractivity contribution in [2.45, 2.75) is 12.8 Å². The Balaban J connectivity index is 1.83. The van der Waals surface area contributed by atoms with Crippen molar-refractivity contribution in [3.63, 3.8) is 0 Å². The highest BCUT2D eigenvalue weighted by atomic mass is 127. The third-order valence-electron chi connectivity index (χ3n) is 5.11. The summed E-state index contributed by atoms with van der Waals surface area (Å²) in [4.78, 5) is 25.0. The van der Waals surface area contributed by atoms with Crippen molar-refractivity contribution in [1.29, 1.82) is 0 Å². The number of nitrogens with zero attached hydrogens (tertiary/aromatic N) is 1. The highest BCUT2D eigenvalue weighted by Gasteiger charge is 2.23. The molecule has 3 aromatic rings. The van der Waals surface area contributed by atoms with Crippen molar-refractivity contribution in [3.05, 3.63) is 73.3 Å². The lowest BCUT2D eigenvalue weighted by molar-refractivity contribution is 0.0998. The minimum Gasteiger partial charge on any atom is -0.456 e. The summed E-state index contributed by atoms with van der Waals surface area (Å²) < 4.78 is 22.4. The Kier molecular flexibility index (Phi) is 5.86. The molecule has 4 rings (SSSR count). The first-order valence-corrected chi connectivity index (χ1v) is 10.7. The fraction of sp³-hybridized carbons (Fsp3) is 0.182. The average Bonchev–Trinajstić information content (AvgIpc) is 2.73. The van der Waals surface area contributed by atoms with Crippen LogP contribution in [0.1, 0.15) is 22.3 Å². The summed E-state index contributed by atoms with van der Waals surface area (Å²) in [6, 6.07) is 11.3. The van der Waals surface area contributed by atoms with Gasteiger partial charge in [-0.2, -0.15) is 0 Å². The second kappa shape index (κ2) is 8.58. The standard InChI is InChI=1S/C22H20FIN4O3/c1-28-19(29)11-18(31-17-6-2-5-15-13(17)4-3-9-26-15)20(21(25)30)22(28)27-16-8-7-12(24)10-14(16)23/h2,5-8,10-11,26-27H,3-4,9H2,1H3,(H2,25,30). The molecule has 1 aliphatic heterocycles.